The fraction of sp³-hybridized carbons (Fsp3) is 0.476. The van der Waals surface area contributed by atoms with Gasteiger partial charge in [0.2, 0.25) is 15.9 Å². The van der Waals surface area contributed by atoms with Gasteiger partial charge < -0.3 is 4.90 Å². The lowest BCUT2D eigenvalue weighted by Crippen LogP contribution is -2.43. The maximum absolute atomic E-state index is 13.1. The number of rotatable bonds is 10. The topological polar surface area (TPSA) is 57.7 Å². The van der Waals surface area contributed by atoms with Gasteiger partial charge in [0.15, 0.2) is 0 Å². The first kappa shape index (κ1) is 22.6. The van der Waals surface area contributed by atoms with Crippen molar-refractivity contribution in [3.8, 4) is 0 Å². The number of aryl methyl sites for hydroxylation is 1. The quantitative estimate of drug-likeness (QED) is 0.584. The molecule has 1 amide bonds. The number of carbonyl (C=O) groups is 1. The molecule has 154 valence electrons. The van der Waals surface area contributed by atoms with Gasteiger partial charge in [-0.3, -0.25) is 4.79 Å². The lowest BCUT2D eigenvalue weighted by Gasteiger charge is -2.27. The minimum atomic E-state index is -3.45. The highest BCUT2D eigenvalue weighted by molar-refractivity contribution is 7.88. The summed E-state index contributed by atoms with van der Waals surface area (Å²) in [5.74, 6) is 0.0219. The maximum Gasteiger partial charge on any atom is 0.238 e. The van der Waals surface area contributed by atoms with Gasteiger partial charge in [0, 0.05) is 22.8 Å². The van der Waals surface area contributed by atoms with Crippen LogP contribution in [0, 0.1) is 12.8 Å². The summed E-state index contributed by atoms with van der Waals surface area (Å²) >= 11 is 1.66. The van der Waals surface area contributed by atoms with Crippen LogP contribution in [0.25, 0.3) is 0 Å². The summed E-state index contributed by atoms with van der Waals surface area (Å²) in [7, 11) is -3.45. The van der Waals surface area contributed by atoms with Gasteiger partial charge in [-0.2, -0.15) is 4.31 Å². The Bertz CT molecular complexity index is 863. The fourth-order valence-corrected chi connectivity index (χ4v) is 4.62. The Kier molecular flexibility index (Phi) is 8.22. The molecule has 2 rings (SSSR count). The molecule has 1 aromatic heterocycles. The second kappa shape index (κ2) is 10.2. The van der Waals surface area contributed by atoms with Gasteiger partial charge >= 0.3 is 0 Å². The second-order valence-corrected chi connectivity index (χ2v) is 10.7. The van der Waals surface area contributed by atoms with E-state index < -0.39 is 10.0 Å². The average molecular weight is 423 g/mol. The molecule has 0 spiro atoms. The molecule has 5 nitrogen and oxygen atoms in total. The number of hydrogen-bond donors (Lipinski definition) is 0. The van der Waals surface area contributed by atoms with Crippen LogP contribution in [0.2, 0.25) is 0 Å². The number of thiophene rings is 1. The molecule has 0 saturated heterocycles. The molecule has 28 heavy (non-hydrogen) atoms. The minimum Gasteiger partial charge on any atom is -0.332 e. The Balaban J connectivity index is 2.20. The smallest absolute Gasteiger partial charge is 0.238 e. The van der Waals surface area contributed by atoms with Crippen molar-refractivity contribution in [2.24, 2.45) is 5.92 Å². The molecule has 0 fully saturated rings. The molecule has 2 aromatic rings. The third-order valence-corrected chi connectivity index (χ3v) is 6.91. The standard InChI is InChI=1S/C21H30N2O3S2/c1-5-17(2)13-23(28(4,25)26)16-21(24)22(14-19-9-7-6-8-10-19)15-20-12-11-18(3)27-20/h6-12,17H,5,13-16H2,1-4H3. The Morgan fingerprint density at radius 3 is 2.32 bits per heavy atom. The van der Waals surface area contributed by atoms with Crippen molar-refractivity contribution in [2.75, 3.05) is 19.3 Å². The number of hydrogen-bond acceptors (Lipinski definition) is 4. The lowest BCUT2D eigenvalue weighted by molar-refractivity contribution is -0.132. The number of carbonyl (C=O) groups excluding carboxylic acids is 1. The largest absolute Gasteiger partial charge is 0.332 e. The highest BCUT2D eigenvalue weighted by Crippen LogP contribution is 2.19. The van der Waals surface area contributed by atoms with E-state index in [9.17, 15) is 13.2 Å². The average Bonchev–Trinajstić information content (AvgIpc) is 3.05. The van der Waals surface area contributed by atoms with E-state index in [1.165, 1.54) is 15.4 Å². The van der Waals surface area contributed by atoms with Crippen molar-refractivity contribution < 1.29 is 13.2 Å². The van der Waals surface area contributed by atoms with E-state index in [4.69, 9.17) is 0 Å². The fourth-order valence-electron chi connectivity index (χ4n) is 2.84. The zero-order valence-electron chi connectivity index (χ0n) is 17.1. The van der Waals surface area contributed by atoms with Crippen LogP contribution in [0.5, 0.6) is 0 Å². The molecule has 7 heteroatoms. The predicted molar refractivity (Wildman–Crippen MR) is 116 cm³/mol. The van der Waals surface area contributed by atoms with E-state index >= 15 is 0 Å². The maximum atomic E-state index is 13.1. The highest BCUT2D eigenvalue weighted by atomic mass is 32.2. The van der Waals surface area contributed by atoms with E-state index in [2.05, 4.69) is 0 Å². The number of benzene rings is 1. The molecule has 0 radical (unpaired) electrons. The molecule has 1 heterocycles. The second-order valence-electron chi connectivity index (χ2n) is 7.32. The zero-order chi connectivity index (χ0) is 20.7. The van der Waals surface area contributed by atoms with E-state index in [0.717, 1.165) is 16.9 Å². The molecule has 0 aliphatic heterocycles. The van der Waals surface area contributed by atoms with Gasteiger partial charge in [-0.1, -0.05) is 50.6 Å². The Labute approximate surface area is 173 Å². The van der Waals surface area contributed by atoms with E-state index in [-0.39, 0.29) is 18.4 Å². The Hall–Kier alpha value is -1.70. The normalized spacial score (nSPS) is 12.9. The van der Waals surface area contributed by atoms with Crippen molar-refractivity contribution in [1.82, 2.24) is 9.21 Å². The molecule has 0 aliphatic rings. The molecule has 0 saturated carbocycles. The van der Waals surface area contributed by atoms with Crippen LogP contribution >= 0.6 is 11.3 Å². The van der Waals surface area contributed by atoms with Crippen molar-refractivity contribution in [2.45, 2.75) is 40.3 Å². The van der Waals surface area contributed by atoms with Crippen LogP contribution in [0.3, 0.4) is 0 Å². The SMILES string of the molecule is CCC(C)CN(CC(=O)N(Cc1ccccc1)Cc1ccc(C)s1)S(C)(=O)=O. The van der Waals surface area contributed by atoms with Gasteiger partial charge in [-0.05, 0) is 30.5 Å². The summed E-state index contributed by atoms with van der Waals surface area (Å²) in [4.78, 5) is 17.1. The summed E-state index contributed by atoms with van der Waals surface area (Å²) in [5, 5.41) is 0. The van der Waals surface area contributed by atoms with E-state index in [1.807, 2.05) is 63.2 Å². The number of sulfonamides is 1. The van der Waals surface area contributed by atoms with Crippen LogP contribution in [0.1, 0.15) is 35.6 Å². The van der Waals surface area contributed by atoms with Gasteiger partial charge in [0.1, 0.15) is 0 Å². The molecule has 1 aromatic carbocycles. The monoisotopic (exact) mass is 422 g/mol. The predicted octanol–water partition coefficient (Wildman–Crippen LogP) is 3.89. The lowest BCUT2D eigenvalue weighted by atomic mass is 10.1. The molecule has 0 aliphatic carbocycles. The van der Waals surface area contributed by atoms with E-state index in [0.29, 0.717) is 19.6 Å². The van der Waals surface area contributed by atoms with Crippen molar-refractivity contribution in [3.63, 3.8) is 0 Å². The van der Waals surface area contributed by atoms with Crippen molar-refractivity contribution in [3.05, 3.63) is 57.8 Å². The van der Waals surface area contributed by atoms with Gasteiger partial charge in [-0.25, -0.2) is 8.42 Å². The van der Waals surface area contributed by atoms with Crippen LogP contribution in [-0.2, 0) is 27.9 Å². The molecule has 0 N–H and O–H groups in total. The summed E-state index contributed by atoms with van der Waals surface area (Å²) < 4.78 is 25.7. The van der Waals surface area contributed by atoms with Crippen LogP contribution in [0.4, 0.5) is 0 Å². The van der Waals surface area contributed by atoms with Gasteiger partial charge in [0.05, 0.1) is 19.3 Å². The van der Waals surface area contributed by atoms with Gasteiger partial charge in [-0.15, -0.1) is 11.3 Å². The Morgan fingerprint density at radius 2 is 1.79 bits per heavy atom. The van der Waals surface area contributed by atoms with Gasteiger partial charge in [0.25, 0.3) is 0 Å². The number of nitrogens with zero attached hydrogens (tertiary/aromatic N) is 2. The first-order valence-corrected chi connectivity index (χ1v) is 12.2. The van der Waals surface area contributed by atoms with Crippen LogP contribution in [-0.4, -0.2) is 42.9 Å². The zero-order valence-corrected chi connectivity index (χ0v) is 18.7. The molecular weight excluding hydrogens is 392 g/mol. The Morgan fingerprint density at radius 1 is 1.11 bits per heavy atom. The highest BCUT2D eigenvalue weighted by Gasteiger charge is 2.25. The van der Waals surface area contributed by atoms with Crippen LogP contribution in [0.15, 0.2) is 42.5 Å². The summed E-state index contributed by atoms with van der Waals surface area (Å²) in [6.45, 7) is 7.23. The van der Waals surface area contributed by atoms with Crippen molar-refractivity contribution in [1.29, 1.82) is 0 Å². The van der Waals surface area contributed by atoms with Crippen LogP contribution < -0.4 is 0 Å². The third-order valence-electron chi connectivity index (χ3n) is 4.70. The van der Waals surface area contributed by atoms with E-state index in [1.54, 1.807) is 16.2 Å². The molecular formula is C21H30N2O3S2. The molecule has 1 atom stereocenters. The summed E-state index contributed by atoms with van der Waals surface area (Å²) in [6, 6.07) is 13.9. The molecule has 0 bridgehead atoms. The summed E-state index contributed by atoms with van der Waals surface area (Å²) in [5.41, 5.74) is 1.02. The third kappa shape index (κ3) is 7.04. The summed E-state index contributed by atoms with van der Waals surface area (Å²) in [6.07, 6.45) is 2.04. The van der Waals surface area contributed by atoms with Crippen molar-refractivity contribution >= 4 is 27.3 Å². The first-order valence-electron chi connectivity index (χ1n) is 9.51. The number of amides is 1. The minimum absolute atomic E-state index is 0.125. The first-order chi connectivity index (χ1) is 13.2. The molecule has 1 unspecified atom stereocenters.